The van der Waals surface area contributed by atoms with E-state index in [1.54, 1.807) is 0 Å². The number of benzene rings is 4. The van der Waals surface area contributed by atoms with Crippen molar-refractivity contribution in [1.82, 2.24) is 0 Å². The van der Waals surface area contributed by atoms with E-state index in [9.17, 15) is 9.59 Å². The van der Waals surface area contributed by atoms with E-state index in [0.29, 0.717) is 28.9 Å². The Balaban J connectivity index is 1.03. The van der Waals surface area contributed by atoms with Crippen molar-refractivity contribution < 1.29 is 23.8 Å². The largest absolute Gasteiger partial charge is 0.482 e. The van der Waals surface area contributed by atoms with Crippen LogP contribution in [0.2, 0.25) is 0 Å². The topological polar surface area (TPSA) is 61.8 Å². The smallest absolute Gasteiger partial charge is 0.345 e. The van der Waals surface area contributed by atoms with Gasteiger partial charge in [-0.1, -0.05) is 18.2 Å². The number of ether oxygens (including phenoxy) is 3. The summed E-state index contributed by atoms with van der Waals surface area (Å²) < 4.78 is 20.7. The van der Waals surface area contributed by atoms with Crippen LogP contribution >= 0.6 is 67.8 Å². The highest BCUT2D eigenvalue weighted by atomic mass is 127. The number of halogens is 3. The fourth-order valence-corrected chi connectivity index (χ4v) is 12.2. The molecular weight excluding hydrogens is 949 g/mol. The van der Waals surface area contributed by atoms with Crippen LogP contribution < -0.4 is 9.47 Å². The van der Waals surface area contributed by atoms with Crippen LogP contribution in [-0.2, 0) is 20.4 Å². The van der Waals surface area contributed by atoms with E-state index >= 15 is 0 Å². The van der Waals surface area contributed by atoms with Crippen LogP contribution in [0.25, 0.3) is 0 Å². The number of esters is 2. The van der Waals surface area contributed by atoms with Crippen molar-refractivity contribution in [3.63, 3.8) is 0 Å². The molecule has 8 rings (SSSR count). The maximum atomic E-state index is 13.1. The normalized spacial score (nSPS) is 24.9. The zero-order valence-corrected chi connectivity index (χ0v) is 33.1. The van der Waals surface area contributed by atoms with Crippen LogP contribution in [0, 0.1) is 34.4 Å². The van der Waals surface area contributed by atoms with Gasteiger partial charge in [-0.3, -0.25) is 0 Å². The number of hydrogen-bond donors (Lipinski definition) is 0. The third-order valence-corrected chi connectivity index (χ3v) is 16.2. The Hall–Kier alpha value is -1.84. The van der Waals surface area contributed by atoms with E-state index in [2.05, 4.69) is 99.0 Å². The van der Waals surface area contributed by atoms with Crippen LogP contribution in [0.15, 0.2) is 106 Å². The van der Waals surface area contributed by atoms with Crippen molar-refractivity contribution in [2.75, 3.05) is 6.61 Å². The second-order valence-electron chi connectivity index (χ2n) is 12.9. The van der Waals surface area contributed by atoms with E-state index in [4.69, 9.17) is 14.2 Å². The minimum Gasteiger partial charge on any atom is -0.482 e. The monoisotopic (exact) mass is 983 g/mol. The first-order chi connectivity index (χ1) is 22.7. The van der Waals surface area contributed by atoms with E-state index < -0.39 is 10.9 Å². The maximum Gasteiger partial charge on any atom is 0.345 e. The molecule has 4 aromatic carbocycles. The van der Waals surface area contributed by atoms with Gasteiger partial charge in [0, 0.05) is 10.7 Å². The Morgan fingerprint density at radius 2 is 1.23 bits per heavy atom. The molecule has 1 unspecified atom stereocenters. The standard InChI is InChI=1S/C38H34I3O5S/c1-38(25-18-23-17-24(20-25)21-26(38)19-23)46-34(42)22-44-27-7-11-30(12-8-27)47(29-5-3-2-4-6-29)31-13-9-28(10-14-31)45-37(43)35-32(39)15-16-33(40)36(35)41/h2-16,23-26H,17-22H2,1H3/q+1. The third kappa shape index (κ3) is 7.10. The van der Waals surface area contributed by atoms with Crippen molar-refractivity contribution in [2.24, 2.45) is 23.7 Å². The van der Waals surface area contributed by atoms with Gasteiger partial charge in [0.1, 0.15) is 17.1 Å². The van der Waals surface area contributed by atoms with Gasteiger partial charge in [-0.25, -0.2) is 9.59 Å². The molecule has 0 amide bonds. The molecule has 0 heterocycles. The molecule has 0 aliphatic heterocycles. The first-order valence-corrected chi connectivity index (χ1v) is 20.3. The lowest BCUT2D eigenvalue weighted by molar-refractivity contribution is -0.204. The summed E-state index contributed by atoms with van der Waals surface area (Å²) in [7, 11) is -0.407. The highest BCUT2D eigenvalue weighted by Gasteiger charge is 2.57. The second-order valence-corrected chi connectivity index (χ2v) is 18.4. The minimum atomic E-state index is -0.407. The molecule has 0 radical (unpaired) electrons. The average molecular weight is 983 g/mol. The first-order valence-electron chi connectivity index (χ1n) is 15.9. The molecule has 9 heteroatoms. The van der Waals surface area contributed by atoms with Crippen LogP contribution in [0.1, 0.15) is 49.4 Å². The molecule has 0 saturated heterocycles. The summed E-state index contributed by atoms with van der Waals surface area (Å²) in [6, 6.07) is 30.0. The second kappa shape index (κ2) is 14.2. The number of hydrogen-bond acceptors (Lipinski definition) is 5. The van der Waals surface area contributed by atoms with Crippen molar-refractivity contribution in [3.05, 3.63) is 107 Å². The van der Waals surface area contributed by atoms with Gasteiger partial charge >= 0.3 is 11.9 Å². The predicted molar refractivity (Wildman–Crippen MR) is 208 cm³/mol. The summed E-state index contributed by atoms with van der Waals surface area (Å²) >= 11 is 6.61. The third-order valence-electron chi connectivity index (χ3n) is 10.0. The summed E-state index contributed by atoms with van der Waals surface area (Å²) in [6.07, 6.45) is 6.16. The van der Waals surface area contributed by atoms with E-state index in [-0.39, 0.29) is 24.1 Å². The van der Waals surface area contributed by atoms with Gasteiger partial charge in [-0.15, -0.1) is 0 Å². The molecule has 5 nitrogen and oxygen atoms in total. The lowest BCUT2D eigenvalue weighted by Crippen LogP contribution is -2.58. The van der Waals surface area contributed by atoms with Gasteiger partial charge in [0.15, 0.2) is 21.3 Å². The molecule has 0 N–H and O–H groups in total. The minimum absolute atomic E-state index is 0.0912. The lowest BCUT2D eigenvalue weighted by atomic mass is 9.50. The first kappa shape index (κ1) is 33.6. The highest BCUT2D eigenvalue weighted by Crippen LogP contribution is 2.59. The average Bonchev–Trinajstić information content (AvgIpc) is 3.06. The van der Waals surface area contributed by atoms with Crippen molar-refractivity contribution in [2.45, 2.75) is 59.3 Å². The van der Waals surface area contributed by atoms with Crippen LogP contribution in [0.5, 0.6) is 11.5 Å². The zero-order valence-electron chi connectivity index (χ0n) is 25.8. The summed E-state index contributed by atoms with van der Waals surface area (Å²) in [5.74, 6) is 3.12. The van der Waals surface area contributed by atoms with Gasteiger partial charge in [-0.05, 0) is 203 Å². The Morgan fingerprint density at radius 1 is 0.702 bits per heavy atom. The molecule has 4 aliphatic rings. The van der Waals surface area contributed by atoms with Gasteiger partial charge in [-0.2, -0.15) is 0 Å². The van der Waals surface area contributed by atoms with Crippen molar-refractivity contribution >= 4 is 90.6 Å². The quantitative estimate of drug-likeness (QED) is 0.0550. The molecule has 4 saturated carbocycles. The number of carbonyl (C=O) groups excluding carboxylic acids is 2. The summed E-state index contributed by atoms with van der Waals surface area (Å²) in [6.45, 7) is 2.07. The van der Waals surface area contributed by atoms with Gasteiger partial charge in [0.05, 0.1) is 16.5 Å². The Morgan fingerprint density at radius 3 is 1.83 bits per heavy atom. The highest BCUT2D eigenvalue weighted by molar-refractivity contribution is 14.1. The van der Waals surface area contributed by atoms with E-state index in [1.165, 1.54) is 37.0 Å². The molecule has 1 atom stereocenters. The maximum absolute atomic E-state index is 13.1. The summed E-state index contributed by atoms with van der Waals surface area (Å²) in [5, 5.41) is 0. The van der Waals surface area contributed by atoms with Crippen LogP contribution in [-0.4, -0.2) is 24.1 Å². The van der Waals surface area contributed by atoms with Crippen LogP contribution in [0.4, 0.5) is 0 Å². The Kier molecular flexibility index (Phi) is 10.2. The molecule has 242 valence electrons. The predicted octanol–water partition coefficient (Wildman–Crippen LogP) is 9.95. The molecule has 47 heavy (non-hydrogen) atoms. The fourth-order valence-electron chi connectivity index (χ4n) is 7.86. The summed E-state index contributed by atoms with van der Waals surface area (Å²) in [4.78, 5) is 29.5. The van der Waals surface area contributed by atoms with Crippen molar-refractivity contribution in [3.8, 4) is 11.5 Å². The molecule has 4 aromatic rings. The van der Waals surface area contributed by atoms with E-state index in [0.717, 1.165) is 32.3 Å². The van der Waals surface area contributed by atoms with E-state index in [1.807, 2.05) is 66.7 Å². The SMILES string of the molecule is CC1(OC(=O)COc2ccc([S+](c3ccccc3)c3ccc(OC(=O)c4c(I)ccc(I)c4I)cc3)cc2)C2CC3CC(C2)CC1C3. The van der Waals surface area contributed by atoms with Gasteiger partial charge < -0.3 is 14.2 Å². The lowest BCUT2D eigenvalue weighted by Gasteiger charge is -2.59. The Labute approximate surface area is 319 Å². The molecule has 0 aromatic heterocycles. The number of carbonyl (C=O) groups is 2. The van der Waals surface area contributed by atoms with Gasteiger partial charge in [0.2, 0.25) is 0 Å². The molecule has 4 aliphatic carbocycles. The molecular formula is C38H34I3O5S+. The molecule has 4 bridgehead atoms. The molecule has 4 fully saturated rings. The number of rotatable bonds is 9. The fraction of sp³-hybridized carbons (Fsp3) is 0.316. The molecule has 0 spiro atoms. The van der Waals surface area contributed by atoms with Crippen LogP contribution in [0.3, 0.4) is 0 Å². The van der Waals surface area contributed by atoms with Gasteiger partial charge in [0.25, 0.3) is 0 Å². The Bertz CT molecular complexity index is 1750. The van der Waals surface area contributed by atoms with Crippen molar-refractivity contribution in [1.29, 1.82) is 0 Å². The summed E-state index contributed by atoms with van der Waals surface area (Å²) in [5.41, 5.74) is 0.233. The zero-order chi connectivity index (χ0) is 32.7.